The average molecular weight is 203 g/mol. The van der Waals surface area contributed by atoms with Gasteiger partial charge in [-0.15, -0.1) is 0 Å². The van der Waals surface area contributed by atoms with Crippen LogP contribution in [0, 0.1) is 5.92 Å². The van der Waals surface area contributed by atoms with E-state index in [4.69, 9.17) is 5.11 Å². The predicted molar refractivity (Wildman–Crippen MR) is 54.7 cm³/mol. The molecule has 0 aromatic heterocycles. The zero-order valence-electron chi connectivity index (χ0n) is 8.19. The molecule has 0 bridgehead atoms. The summed E-state index contributed by atoms with van der Waals surface area (Å²) in [6.07, 6.45) is -0.852. The first-order valence-corrected chi connectivity index (χ1v) is 5.81. The molecule has 1 N–H and O–H groups in total. The lowest BCUT2D eigenvalue weighted by Gasteiger charge is -2.23. The quantitative estimate of drug-likeness (QED) is 0.677. The fraction of sp³-hybridized carbons (Fsp3) is 0.889. The summed E-state index contributed by atoms with van der Waals surface area (Å²) >= 11 is 1.88. The summed E-state index contributed by atoms with van der Waals surface area (Å²) in [5.74, 6) is 2.51. The molecule has 76 valence electrons. The first-order valence-electron chi connectivity index (χ1n) is 4.66. The maximum absolute atomic E-state index is 11.5. The second-order valence-electron chi connectivity index (χ2n) is 3.64. The van der Waals surface area contributed by atoms with E-state index in [0.717, 1.165) is 24.6 Å². The van der Waals surface area contributed by atoms with Crippen molar-refractivity contribution < 1.29 is 9.90 Å². The highest BCUT2D eigenvalue weighted by Gasteiger charge is 2.22. The third-order valence-corrected chi connectivity index (χ3v) is 3.39. The SMILES string of the molecule is CC1CSCCN(C(=O)[C@H](C)O)C1. The highest BCUT2D eigenvalue weighted by atomic mass is 32.2. The Bertz CT molecular complexity index is 184. The summed E-state index contributed by atoms with van der Waals surface area (Å²) in [5, 5.41) is 9.15. The van der Waals surface area contributed by atoms with Gasteiger partial charge in [0.1, 0.15) is 6.10 Å². The molecule has 3 nitrogen and oxygen atoms in total. The number of carbonyl (C=O) groups excluding carboxylic acids is 1. The Morgan fingerprint density at radius 2 is 2.38 bits per heavy atom. The normalized spacial score (nSPS) is 26.7. The smallest absolute Gasteiger partial charge is 0.251 e. The molecule has 1 aliphatic rings. The molecule has 4 heteroatoms. The number of hydrogen-bond donors (Lipinski definition) is 1. The third kappa shape index (κ3) is 3.19. The summed E-state index contributed by atoms with van der Waals surface area (Å²) in [7, 11) is 0. The van der Waals surface area contributed by atoms with Gasteiger partial charge in [0.05, 0.1) is 0 Å². The summed E-state index contributed by atoms with van der Waals surface area (Å²) in [6.45, 7) is 5.24. The number of aliphatic hydroxyl groups excluding tert-OH is 1. The number of carbonyl (C=O) groups is 1. The predicted octanol–water partition coefficient (Wildman–Crippen LogP) is 0.579. The Morgan fingerprint density at radius 3 is 3.00 bits per heavy atom. The molecule has 1 unspecified atom stereocenters. The molecular weight excluding hydrogens is 186 g/mol. The lowest BCUT2D eigenvalue weighted by Crippen LogP contribution is -2.40. The summed E-state index contributed by atoms with van der Waals surface area (Å²) in [6, 6.07) is 0. The molecule has 0 aliphatic carbocycles. The molecule has 1 rings (SSSR count). The van der Waals surface area contributed by atoms with Crippen molar-refractivity contribution in [1.82, 2.24) is 4.90 Å². The molecular formula is C9H17NO2S. The van der Waals surface area contributed by atoms with Crippen molar-refractivity contribution in [3.05, 3.63) is 0 Å². The van der Waals surface area contributed by atoms with Crippen molar-refractivity contribution in [2.45, 2.75) is 20.0 Å². The maximum atomic E-state index is 11.5. The van der Waals surface area contributed by atoms with Crippen LogP contribution in [0.25, 0.3) is 0 Å². The van der Waals surface area contributed by atoms with Gasteiger partial charge in [-0.2, -0.15) is 11.8 Å². The van der Waals surface area contributed by atoms with E-state index in [0.29, 0.717) is 5.92 Å². The maximum Gasteiger partial charge on any atom is 0.251 e. The standard InChI is InChI=1S/C9H17NO2S/c1-7-5-10(3-4-13-6-7)9(12)8(2)11/h7-8,11H,3-6H2,1-2H3/t7?,8-/m0/s1. The molecule has 1 fully saturated rings. The van der Waals surface area contributed by atoms with Gasteiger partial charge in [-0.1, -0.05) is 6.92 Å². The third-order valence-electron chi connectivity index (χ3n) is 2.11. The Morgan fingerprint density at radius 1 is 1.69 bits per heavy atom. The van der Waals surface area contributed by atoms with Gasteiger partial charge in [-0.25, -0.2) is 0 Å². The summed E-state index contributed by atoms with van der Waals surface area (Å²) < 4.78 is 0. The molecule has 0 saturated carbocycles. The van der Waals surface area contributed by atoms with Crippen LogP contribution in [-0.4, -0.2) is 46.6 Å². The zero-order chi connectivity index (χ0) is 9.84. The number of amides is 1. The van der Waals surface area contributed by atoms with Crippen molar-refractivity contribution in [2.75, 3.05) is 24.6 Å². The lowest BCUT2D eigenvalue weighted by molar-refractivity contribution is -0.139. The molecule has 0 aromatic rings. The molecule has 1 amide bonds. The minimum absolute atomic E-state index is 0.130. The van der Waals surface area contributed by atoms with E-state index >= 15 is 0 Å². The number of thioether (sulfide) groups is 1. The van der Waals surface area contributed by atoms with E-state index in [1.54, 1.807) is 4.90 Å². The van der Waals surface area contributed by atoms with E-state index in [-0.39, 0.29) is 5.91 Å². The van der Waals surface area contributed by atoms with Crippen molar-refractivity contribution in [3.63, 3.8) is 0 Å². The van der Waals surface area contributed by atoms with Crippen molar-refractivity contribution in [3.8, 4) is 0 Å². The first-order chi connectivity index (χ1) is 6.11. The summed E-state index contributed by atoms with van der Waals surface area (Å²) in [5.41, 5.74) is 0. The van der Waals surface area contributed by atoms with Crippen LogP contribution in [0.2, 0.25) is 0 Å². The van der Waals surface area contributed by atoms with Crippen LogP contribution >= 0.6 is 11.8 Å². The molecule has 1 aliphatic heterocycles. The van der Waals surface area contributed by atoms with Gasteiger partial charge in [-0.3, -0.25) is 4.79 Å². The fourth-order valence-electron chi connectivity index (χ4n) is 1.44. The van der Waals surface area contributed by atoms with Crippen LogP contribution in [0.3, 0.4) is 0 Å². The highest BCUT2D eigenvalue weighted by Crippen LogP contribution is 2.15. The second kappa shape index (κ2) is 4.86. The molecule has 13 heavy (non-hydrogen) atoms. The average Bonchev–Trinajstić information content (AvgIpc) is 2.28. The largest absolute Gasteiger partial charge is 0.384 e. The number of nitrogens with zero attached hydrogens (tertiary/aromatic N) is 1. The minimum Gasteiger partial charge on any atom is -0.384 e. The zero-order valence-corrected chi connectivity index (χ0v) is 9.01. The van der Waals surface area contributed by atoms with Crippen LogP contribution in [0.4, 0.5) is 0 Å². The van der Waals surface area contributed by atoms with E-state index in [9.17, 15) is 4.79 Å². The van der Waals surface area contributed by atoms with Crippen LogP contribution < -0.4 is 0 Å². The second-order valence-corrected chi connectivity index (χ2v) is 4.79. The van der Waals surface area contributed by atoms with Gasteiger partial charge in [-0.05, 0) is 18.6 Å². The van der Waals surface area contributed by atoms with Crippen LogP contribution in [-0.2, 0) is 4.79 Å². The number of rotatable bonds is 1. The number of hydrogen-bond acceptors (Lipinski definition) is 3. The molecule has 2 atom stereocenters. The molecule has 0 spiro atoms. The van der Waals surface area contributed by atoms with Gasteiger partial charge in [0, 0.05) is 18.8 Å². The van der Waals surface area contributed by atoms with Gasteiger partial charge < -0.3 is 10.0 Å². The minimum atomic E-state index is -0.852. The fourth-order valence-corrected chi connectivity index (χ4v) is 2.47. The van der Waals surface area contributed by atoms with E-state index in [1.165, 1.54) is 6.92 Å². The van der Waals surface area contributed by atoms with Crippen molar-refractivity contribution in [1.29, 1.82) is 0 Å². The van der Waals surface area contributed by atoms with Crippen molar-refractivity contribution in [2.24, 2.45) is 5.92 Å². The van der Waals surface area contributed by atoms with E-state index < -0.39 is 6.10 Å². The Balaban J connectivity index is 2.52. The lowest BCUT2D eigenvalue weighted by atomic mass is 10.2. The topological polar surface area (TPSA) is 40.5 Å². The van der Waals surface area contributed by atoms with Crippen molar-refractivity contribution >= 4 is 17.7 Å². The number of aliphatic hydroxyl groups is 1. The van der Waals surface area contributed by atoms with Crippen LogP contribution in [0.15, 0.2) is 0 Å². The van der Waals surface area contributed by atoms with Gasteiger partial charge >= 0.3 is 0 Å². The molecule has 0 aromatic carbocycles. The monoisotopic (exact) mass is 203 g/mol. The molecule has 0 radical (unpaired) electrons. The first kappa shape index (κ1) is 10.9. The van der Waals surface area contributed by atoms with Crippen LogP contribution in [0.5, 0.6) is 0 Å². The van der Waals surface area contributed by atoms with Crippen LogP contribution in [0.1, 0.15) is 13.8 Å². The van der Waals surface area contributed by atoms with E-state index in [1.807, 2.05) is 11.8 Å². The van der Waals surface area contributed by atoms with E-state index in [2.05, 4.69) is 6.92 Å². The van der Waals surface area contributed by atoms with Gasteiger partial charge in [0.15, 0.2) is 0 Å². The van der Waals surface area contributed by atoms with Gasteiger partial charge in [0.25, 0.3) is 5.91 Å². The Hall–Kier alpha value is -0.220. The molecule has 1 saturated heterocycles. The molecule has 1 heterocycles. The Labute approximate surface area is 83.5 Å². The summed E-state index contributed by atoms with van der Waals surface area (Å²) in [4.78, 5) is 13.2. The highest BCUT2D eigenvalue weighted by molar-refractivity contribution is 7.99. The van der Waals surface area contributed by atoms with Gasteiger partial charge in [0.2, 0.25) is 0 Å². The Kier molecular flexibility index (Phi) is 4.06.